The number of nitrogens with one attached hydrogen (secondary N) is 1. The zero-order chi connectivity index (χ0) is 6.62. The monoisotopic (exact) mass is 121 g/mol. The van der Waals surface area contributed by atoms with Crippen molar-refractivity contribution in [1.29, 1.82) is 0 Å². The molecule has 6 nitrogen and oxygen atoms in total. The van der Waals surface area contributed by atoms with Crippen molar-refractivity contribution >= 4 is 0 Å². The molecule has 0 aromatic carbocycles. The maximum absolute atomic E-state index is 10.4. The molecule has 0 saturated heterocycles. The molecule has 0 bridgehead atoms. The minimum atomic E-state index is -1.32. The molecule has 1 atom stereocenters. The molecule has 0 amide bonds. The van der Waals surface area contributed by atoms with Crippen molar-refractivity contribution in [2.24, 2.45) is 5.29 Å². The molecule has 8 heavy (non-hydrogen) atoms. The Morgan fingerprint density at radius 2 is 2.38 bits per heavy atom. The molecule has 48 valence electrons. The van der Waals surface area contributed by atoms with Gasteiger partial charge in [0.25, 0.3) is 0 Å². The van der Waals surface area contributed by atoms with E-state index in [1.165, 1.54) is 0 Å². The summed E-state index contributed by atoms with van der Waals surface area (Å²) < 4.78 is 0. The quantitative estimate of drug-likeness (QED) is 0.315. The van der Waals surface area contributed by atoms with Crippen molar-refractivity contribution < 1.29 is 9.76 Å². The van der Waals surface area contributed by atoms with E-state index in [2.05, 4.69) is 10.1 Å². The lowest BCUT2D eigenvalue weighted by molar-refractivity contribution is -1.08. The maximum atomic E-state index is 10.4. The van der Waals surface area contributed by atoms with Crippen LogP contribution in [0.5, 0.6) is 0 Å². The van der Waals surface area contributed by atoms with Gasteiger partial charge in [-0.3, -0.25) is 0 Å². The van der Waals surface area contributed by atoms with Crippen LogP contribution in [0.2, 0.25) is 0 Å². The largest absolute Gasteiger partial charge is 0.571 e. The second kappa shape index (κ2) is 2.55. The highest BCUT2D eigenvalue weighted by atomic mass is 17.0. The second-order valence-corrected chi connectivity index (χ2v) is 1.22. The van der Waals surface area contributed by atoms with Crippen LogP contribution >= 0.6 is 0 Å². The van der Waals surface area contributed by atoms with Gasteiger partial charge in [0, 0.05) is 0 Å². The van der Waals surface area contributed by atoms with Gasteiger partial charge in [0.05, 0.1) is 7.11 Å². The van der Waals surface area contributed by atoms with Gasteiger partial charge in [0.2, 0.25) is 0 Å². The van der Waals surface area contributed by atoms with Crippen molar-refractivity contribution in [2.45, 2.75) is 0 Å². The van der Waals surface area contributed by atoms with E-state index in [-0.39, 0.29) is 0 Å². The second-order valence-electron chi connectivity index (χ2n) is 1.22. The van der Waals surface area contributed by atoms with Crippen molar-refractivity contribution in [2.75, 3.05) is 14.2 Å². The minimum absolute atomic E-state index is 1.08. The molecule has 0 saturated carbocycles. The Bertz CT molecular complexity index is 82.6. The summed E-state index contributed by atoms with van der Waals surface area (Å²) in [7, 11) is 2.24. The Morgan fingerprint density at radius 1 is 1.88 bits per heavy atom. The van der Waals surface area contributed by atoms with Crippen LogP contribution in [-0.2, 0) is 4.84 Å². The third kappa shape index (κ3) is 2.45. The van der Waals surface area contributed by atoms with E-state index in [9.17, 15) is 10.1 Å². The average Bonchev–Trinajstić information content (AvgIpc) is 1.67. The number of rotatable bonds is 3. The summed E-state index contributed by atoms with van der Waals surface area (Å²) in [4.78, 5) is 12.2. The van der Waals surface area contributed by atoms with E-state index in [1.54, 1.807) is 5.53 Å². The fourth-order valence-electron chi connectivity index (χ4n) is 0.115. The number of nitrogens with zero attached hydrogens (tertiary/aromatic N) is 2. The van der Waals surface area contributed by atoms with Crippen molar-refractivity contribution in [1.82, 2.24) is 5.53 Å². The van der Waals surface area contributed by atoms with Gasteiger partial charge in [-0.15, -0.1) is 4.91 Å². The molecule has 0 spiro atoms. The summed E-state index contributed by atoms with van der Waals surface area (Å²) in [5.74, 6) is 0. The lowest BCUT2D eigenvalue weighted by Crippen LogP contribution is -2.45. The Kier molecular flexibility index (Phi) is 2.32. The SMILES string of the molecule is CO[N+](C)([O-])NN=O. The molecule has 0 aromatic heterocycles. The van der Waals surface area contributed by atoms with Crippen molar-refractivity contribution in [3.63, 3.8) is 0 Å². The summed E-state index contributed by atoms with van der Waals surface area (Å²) in [6.45, 7) is 0. The van der Waals surface area contributed by atoms with Crippen LogP contribution in [0.25, 0.3) is 0 Å². The fraction of sp³-hybridized carbons (Fsp3) is 1.00. The number of quaternary nitrogens is 1. The topological polar surface area (TPSA) is 73.8 Å². The van der Waals surface area contributed by atoms with Gasteiger partial charge in [-0.25, -0.2) is 0 Å². The normalized spacial score (nSPS) is 16.9. The number of nitroso groups, excluding NO2 is 1. The fourth-order valence-corrected chi connectivity index (χ4v) is 0.115. The Balaban J connectivity index is 3.53. The molecule has 6 heteroatoms. The highest BCUT2D eigenvalue weighted by Gasteiger charge is 2.05. The maximum Gasteiger partial charge on any atom is 0.125 e. The molecule has 0 aliphatic carbocycles. The van der Waals surface area contributed by atoms with Crippen molar-refractivity contribution in [3.8, 4) is 0 Å². The number of hydrogen-bond donors (Lipinski definition) is 1. The molecule has 0 aromatic rings. The smallest absolute Gasteiger partial charge is 0.125 e. The Hall–Kier alpha value is -0.720. The standard InChI is InChI=1S/C2H7N3O3/c1-5(7,8-2)3-4-6/h1-2H3,(H,3,6). The first-order valence-electron chi connectivity index (χ1n) is 1.85. The van der Waals surface area contributed by atoms with E-state index in [0.717, 1.165) is 14.2 Å². The van der Waals surface area contributed by atoms with Crippen LogP contribution in [0.3, 0.4) is 0 Å². The molecule has 0 aliphatic heterocycles. The Morgan fingerprint density at radius 3 is 2.50 bits per heavy atom. The summed E-state index contributed by atoms with van der Waals surface area (Å²) in [5, 5.41) is 12.5. The highest BCUT2D eigenvalue weighted by molar-refractivity contribution is 4.08. The van der Waals surface area contributed by atoms with Gasteiger partial charge in [0.15, 0.2) is 0 Å². The van der Waals surface area contributed by atoms with Gasteiger partial charge in [-0.05, 0) is 0 Å². The summed E-state index contributed by atoms with van der Waals surface area (Å²) >= 11 is 0. The third-order valence-electron chi connectivity index (χ3n) is 0.571. The third-order valence-corrected chi connectivity index (χ3v) is 0.571. The lowest BCUT2D eigenvalue weighted by Gasteiger charge is -2.27. The van der Waals surface area contributed by atoms with E-state index in [0.29, 0.717) is 0 Å². The van der Waals surface area contributed by atoms with E-state index < -0.39 is 4.92 Å². The zero-order valence-electron chi connectivity index (χ0n) is 4.62. The number of hydroxylamine groups is 2. The summed E-state index contributed by atoms with van der Waals surface area (Å²) in [6.07, 6.45) is 0. The van der Waals surface area contributed by atoms with E-state index >= 15 is 0 Å². The molecular weight excluding hydrogens is 114 g/mol. The molecule has 0 radical (unpaired) electrons. The van der Waals surface area contributed by atoms with Gasteiger partial charge in [0.1, 0.15) is 12.3 Å². The van der Waals surface area contributed by atoms with Crippen LogP contribution in [0.15, 0.2) is 5.29 Å². The van der Waals surface area contributed by atoms with Crippen LogP contribution < -0.4 is 5.53 Å². The average molecular weight is 121 g/mol. The van der Waals surface area contributed by atoms with E-state index in [1.807, 2.05) is 0 Å². The van der Waals surface area contributed by atoms with Gasteiger partial charge in [-0.2, -0.15) is 4.84 Å². The number of hydrogen-bond acceptors (Lipinski definition) is 4. The molecule has 0 rings (SSSR count). The predicted molar refractivity (Wildman–Crippen MR) is 25.5 cm³/mol. The first-order valence-corrected chi connectivity index (χ1v) is 1.85. The van der Waals surface area contributed by atoms with Gasteiger partial charge < -0.3 is 5.21 Å². The van der Waals surface area contributed by atoms with Crippen LogP contribution in [0.1, 0.15) is 0 Å². The summed E-state index contributed by atoms with van der Waals surface area (Å²) in [6, 6.07) is 0. The lowest BCUT2D eigenvalue weighted by atomic mass is 11.4. The molecule has 0 aliphatic rings. The Labute approximate surface area is 46.1 Å². The van der Waals surface area contributed by atoms with Crippen LogP contribution in [-0.4, -0.2) is 19.1 Å². The summed E-state index contributed by atoms with van der Waals surface area (Å²) in [5.41, 5.74) is 1.60. The first kappa shape index (κ1) is 7.28. The molecule has 1 unspecified atom stereocenters. The molecular formula is C2H7N3O3. The molecule has 1 N–H and O–H groups in total. The minimum Gasteiger partial charge on any atom is -0.571 e. The van der Waals surface area contributed by atoms with Gasteiger partial charge in [-0.1, -0.05) is 10.5 Å². The molecule has 0 heterocycles. The first-order chi connectivity index (χ1) is 3.62. The van der Waals surface area contributed by atoms with Crippen LogP contribution in [0, 0.1) is 10.1 Å². The zero-order valence-corrected chi connectivity index (χ0v) is 4.62. The van der Waals surface area contributed by atoms with E-state index in [4.69, 9.17) is 0 Å². The predicted octanol–water partition coefficient (Wildman–Crippen LogP) is -0.322. The van der Waals surface area contributed by atoms with Crippen molar-refractivity contribution in [3.05, 3.63) is 10.1 Å². The van der Waals surface area contributed by atoms with Crippen LogP contribution in [0.4, 0.5) is 0 Å². The molecule has 0 fully saturated rings. The highest BCUT2D eigenvalue weighted by Crippen LogP contribution is 1.89. The van der Waals surface area contributed by atoms with Gasteiger partial charge >= 0.3 is 0 Å².